The van der Waals surface area contributed by atoms with Crippen LogP contribution in [0.2, 0.25) is 0 Å². The SMILES string of the molecule is CC1CC(NCC(O)COC2CCCCC2)C1. The minimum absolute atomic E-state index is 0.340. The van der Waals surface area contributed by atoms with E-state index in [9.17, 15) is 5.11 Å². The van der Waals surface area contributed by atoms with Crippen LogP contribution < -0.4 is 5.32 Å². The van der Waals surface area contributed by atoms with Crippen molar-refractivity contribution in [2.45, 2.75) is 70.1 Å². The molecule has 0 aromatic heterocycles. The van der Waals surface area contributed by atoms with Crippen molar-refractivity contribution in [1.29, 1.82) is 0 Å². The smallest absolute Gasteiger partial charge is 0.0897 e. The van der Waals surface area contributed by atoms with Crippen molar-refractivity contribution in [1.82, 2.24) is 5.32 Å². The predicted octanol–water partition coefficient (Wildman–Crippen LogP) is 2.08. The first-order valence-electron chi connectivity index (χ1n) is 7.27. The Balaban J connectivity index is 1.49. The van der Waals surface area contributed by atoms with Crippen LogP contribution in [0.5, 0.6) is 0 Å². The van der Waals surface area contributed by atoms with Crippen LogP contribution >= 0.6 is 0 Å². The molecule has 0 aliphatic heterocycles. The second-order valence-electron chi connectivity index (χ2n) is 5.93. The van der Waals surface area contributed by atoms with Gasteiger partial charge in [0.2, 0.25) is 0 Å². The summed E-state index contributed by atoms with van der Waals surface area (Å²) in [6.07, 6.45) is 8.88. The van der Waals surface area contributed by atoms with E-state index in [1.54, 1.807) is 0 Å². The lowest BCUT2D eigenvalue weighted by Crippen LogP contribution is -2.44. The molecule has 1 unspecified atom stereocenters. The van der Waals surface area contributed by atoms with Gasteiger partial charge in [0.1, 0.15) is 0 Å². The van der Waals surface area contributed by atoms with Crippen LogP contribution in [-0.2, 0) is 4.74 Å². The minimum Gasteiger partial charge on any atom is -0.389 e. The highest BCUT2D eigenvalue weighted by Crippen LogP contribution is 2.26. The molecule has 1 atom stereocenters. The summed E-state index contributed by atoms with van der Waals surface area (Å²) < 4.78 is 5.76. The lowest BCUT2D eigenvalue weighted by Gasteiger charge is -2.34. The van der Waals surface area contributed by atoms with E-state index in [2.05, 4.69) is 12.2 Å². The second-order valence-corrected chi connectivity index (χ2v) is 5.93. The summed E-state index contributed by atoms with van der Waals surface area (Å²) in [6.45, 7) is 3.46. The fourth-order valence-corrected chi connectivity index (χ4v) is 2.91. The Morgan fingerprint density at radius 2 is 1.94 bits per heavy atom. The monoisotopic (exact) mass is 241 g/mol. The normalized spacial score (nSPS) is 32.1. The van der Waals surface area contributed by atoms with Crippen molar-refractivity contribution in [2.75, 3.05) is 13.2 Å². The number of ether oxygens (including phenoxy) is 1. The fourth-order valence-electron chi connectivity index (χ4n) is 2.91. The molecule has 0 amide bonds. The molecule has 100 valence electrons. The van der Waals surface area contributed by atoms with Gasteiger partial charge in [0.25, 0.3) is 0 Å². The van der Waals surface area contributed by atoms with Gasteiger partial charge in [0.15, 0.2) is 0 Å². The third kappa shape index (κ3) is 4.57. The minimum atomic E-state index is -0.340. The van der Waals surface area contributed by atoms with Gasteiger partial charge in [-0.15, -0.1) is 0 Å². The van der Waals surface area contributed by atoms with Gasteiger partial charge in [-0.1, -0.05) is 26.2 Å². The maximum atomic E-state index is 9.83. The summed E-state index contributed by atoms with van der Waals surface area (Å²) in [5.41, 5.74) is 0. The molecule has 0 bridgehead atoms. The van der Waals surface area contributed by atoms with Crippen LogP contribution in [0.3, 0.4) is 0 Å². The van der Waals surface area contributed by atoms with Crippen LogP contribution in [0.4, 0.5) is 0 Å². The Kier molecular flexibility index (Phi) is 5.26. The first-order valence-corrected chi connectivity index (χ1v) is 7.27. The molecule has 2 fully saturated rings. The molecule has 2 saturated carbocycles. The quantitative estimate of drug-likeness (QED) is 0.748. The molecule has 3 nitrogen and oxygen atoms in total. The number of hydrogen-bond acceptors (Lipinski definition) is 3. The van der Waals surface area contributed by atoms with Gasteiger partial charge in [0, 0.05) is 12.6 Å². The fraction of sp³-hybridized carbons (Fsp3) is 1.00. The van der Waals surface area contributed by atoms with E-state index in [4.69, 9.17) is 4.74 Å². The molecule has 0 spiro atoms. The Morgan fingerprint density at radius 1 is 1.24 bits per heavy atom. The average Bonchev–Trinajstić information content (AvgIpc) is 2.32. The lowest BCUT2D eigenvalue weighted by molar-refractivity contribution is -0.0246. The van der Waals surface area contributed by atoms with Crippen LogP contribution in [0.25, 0.3) is 0 Å². The maximum absolute atomic E-state index is 9.83. The summed E-state index contributed by atoms with van der Waals surface area (Å²) in [5, 5.41) is 13.2. The van der Waals surface area contributed by atoms with Crippen LogP contribution in [-0.4, -0.2) is 36.5 Å². The van der Waals surface area contributed by atoms with Gasteiger partial charge in [-0.25, -0.2) is 0 Å². The number of nitrogens with one attached hydrogen (secondary N) is 1. The van der Waals surface area contributed by atoms with E-state index in [1.807, 2.05) is 0 Å². The van der Waals surface area contributed by atoms with Crippen LogP contribution in [0.15, 0.2) is 0 Å². The van der Waals surface area contributed by atoms with Gasteiger partial charge in [0.05, 0.1) is 18.8 Å². The highest BCUT2D eigenvalue weighted by Gasteiger charge is 2.25. The molecule has 2 rings (SSSR count). The van der Waals surface area contributed by atoms with Gasteiger partial charge in [-0.2, -0.15) is 0 Å². The van der Waals surface area contributed by atoms with E-state index >= 15 is 0 Å². The zero-order chi connectivity index (χ0) is 12.1. The molecule has 2 aliphatic rings. The van der Waals surface area contributed by atoms with Crippen LogP contribution in [0.1, 0.15) is 51.9 Å². The number of aliphatic hydroxyl groups excluding tert-OH is 1. The van der Waals surface area contributed by atoms with E-state index in [-0.39, 0.29) is 6.10 Å². The Hall–Kier alpha value is -0.120. The molecule has 0 saturated heterocycles. The zero-order valence-electron chi connectivity index (χ0n) is 11.0. The summed E-state index contributed by atoms with van der Waals surface area (Å²) in [7, 11) is 0. The van der Waals surface area contributed by atoms with Crippen molar-refractivity contribution in [3.63, 3.8) is 0 Å². The summed E-state index contributed by atoms with van der Waals surface area (Å²) in [4.78, 5) is 0. The molecule has 17 heavy (non-hydrogen) atoms. The van der Waals surface area contributed by atoms with Gasteiger partial charge >= 0.3 is 0 Å². The highest BCUT2D eigenvalue weighted by molar-refractivity contribution is 4.82. The number of hydrogen-bond donors (Lipinski definition) is 2. The Bertz CT molecular complexity index is 210. The van der Waals surface area contributed by atoms with E-state index in [1.165, 1.54) is 44.9 Å². The van der Waals surface area contributed by atoms with Crippen molar-refractivity contribution in [3.05, 3.63) is 0 Å². The molecule has 2 aliphatic carbocycles. The van der Waals surface area contributed by atoms with Gasteiger partial charge in [-0.3, -0.25) is 0 Å². The van der Waals surface area contributed by atoms with Crippen molar-refractivity contribution in [2.24, 2.45) is 5.92 Å². The first-order chi connectivity index (χ1) is 8.24. The van der Waals surface area contributed by atoms with Crippen molar-refractivity contribution in [3.8, 4) is 0 Å². The molecule has 0 aromatic carbocycles. The molecular weight excluding hydrogens is 214 g/mol. The van der Waals surface area contributed by atoms with Gasteiger partial charge < -0.3 is 15.2 Å². The van der Waals surface area contributed by atoms with E-state index in [0.717, 1.165) is 5.92 Å². The Labute approximate surface area is 105 Å². The van der Waals surface area contributed by atoms with Gasteiger partial charge in [-0.05, 0) is 31.6 Å². The first kappa shape index (κ1) is 13.3. The zero-order valence-corrected chi connectivity index (χ0v) is 11.0. The molecule has 0 radical (unpaired) electrons. The predicted molar refractivity (Wildman–Crippen MR) is 69.0 cm³/mol. The summed E-state index contributed by atoms with van der Waals surface area (Å²) >= 11 is 0. The molecule has 0 heterocycles. The Morgan fingerprint density at radius 3 is 2.59 bits per heavy atom. The van der Waals surface area contributed by atoms with Crippen molar-refractivity contribution < 1.29 is 9.84 Å². The third-order valence-corrected chi connectivity index (χ3v) is 4.09. The molecular formula is C14H27NO2. The van der Waals surface area contributed by atoms with E-state index < -0.39 is 0 Å². The highest BCUT2D eigenvalue weighted by atomic mass is 16.5. The summed E-state index contributed by atoms with van der Waals surface area (Å²) in [5.74, 6) is 0.864. The lowest BCUT2D eigenvalue weighted by atomic mass is 9.82. The maximum Gasteiger partial charge on any atom is 0.0897 e. The second kappa shape index (κ2) is 6.72. The van der Waals surface area contributed by atoms with Crippen molar-refractivity contribution >= 4 is 0 Å². The molecule has 2 N–H and O–H groups in total. The molecule has 3 heteroatoms. The third-order valence-electron chi connectivity index (χ3n) is 4.09. The number of rotatable bonds is 6. The average molecular weight is 241 g/mol. The molecule has 0 aromatic rings. The number of aliphatic hydroxyl groups is 1. The van der Waals surface area contributed by atoms with Crippen LogP contribution in [0, 0.1) is 5.92 Å². The largest absolute Gasteiger partial charge is 0.389 e. The standard InChI is InChI=1S/C14H27NO2/c1-11-7-12(8-11)15-9-13(16)10-17-14-5-3-2-4-6-14/h11-16H,2-10H2,1H3. The topological polar surface area (TPSA) is 41.5 Å². The van der Waals surface area contributed by atoms with E-state index in [0.29, 0.717) is 25.3 Å². The summed E-state index contributed by atoms with van der Waals surface area (Å²) in [6, 6.07) is 0.634.